The lowest BCUT2D eigenvalue weighted by Crippen LogP contribution is -2.38. The number of thiophene rings is 1. The Morgan fingerprint density at radius 2 is 2.08 bits per heavy atom. The molecule has 134 valence electrons. The molecular weight excluding hydrogens is 358 g/mol. The van der Waals surface area contributed by atoms with Crippen molar-refractivity contribution < 1.29 is 14.3 Å². The highest BCUT2D eigenvalue weighted by atomic mass is 32.1. The predicted octanol–water partition coefficient (Wildman–Crippen LogP) is 0.952. The van der Waals surface area contributed by atoms with E-state index >= 15 is 0 Å². The highest BCUT2D eigenvalue weighted by Gasteiger charge is 2.20. The van der Waals surface area contributed by atoms with Crippen LogP contribution in [0.3, 0.4) is 0 Å². The lowest BCUT2D eigenvalue weighted by atomic mass is 10.1. The second kappa shape index (κ2) is 6.68. The molecule has 3 aromatic rings. The van der Waals surface area contributed by atoms with Gasteiger partial charge >= 0.3 is 5.69 Å². The molecule has 1 aliphatic rings. The van der Waals surface area contributed by atoms with Crippen molar-refractivity contribution in [2.45, 2.75) is 6.54 Å². The molecule has 1 aliphatic heterocycles. The Morgan fingerprint density at radius 1 is 1.23 bits per heavy atom. The van der Waals surface area contributed by atoms with Crippen LogP contribution in [0, 0.1) is 0 Å². The standard InChI is InChI=1S/C17H15N3O5S/c21-15(10-2-1-3-12-13(10)25-8-7-24-12)18-5-6-20-16(22)14-11(4-9-26-14)19-17(20)23/h1-4,9H,5-8H2,(H,18,21)(H,19,23). The first-order valence-electron chi connectivity index (χ1n) is 8.02. The molecule has 0 saturated heterocycles. The van der Waals surface area contributed by atoms with E-state index in [1.807, 2.05) is 0 Å². The predicted molar refractivity (Wildman–Crippen MR) is 96.5 cm³/mol. The number of H-pyrrole nitrogens is 1. The number of carbonyl (C=O) groups is 1. The van der Waals surface area contributed by atoms with Gasteiger partial charge in [-0.25, -0.2) is 4.79 Å². The quantitative estimate of drug-likeness (QED) is 0.709. The Labute approximate surface area is 151 Å². The van der Waals surface area contributed by atoms with Gasteiger partial charge in [-0.15, -0.1) is 11.3 Å². The molecule has 0 saturated carbocycles. The second-order valence-corrected chi connectivity index (χ2v) is 6.55. The molecule has 0 atom stereocenters. The number of fused-ring (bicyclic) bond motifs is 2. The molecule has 0 aliphatic carbocycles. The lowest BCUT2D eigenvalue weighted by molar-refractivity contribution is 0.0941. The van der Waals surface area contributed by atoms with Gasteiger partial charge in [-0.05, 0) is 23.6 Å². The maximum atomic E-state index is 12.4. The highest BCUT2D eigenvalue weighted by Crippen LogP contribution is 2.33. The summed E-state index contributed by atoms with van der Waals surface area (Å²) in [7, 11) is 0. The van der Waals surface area contributed by atoms with E-state index in [-0.39, 0.29) is 24.6 Å². The monoisotopic (exact) mass is 373 g/mol. The van der Waals surface area contributed by atoms with Gasteiger partial charge in [0, 0.05) is 13.1 Å². The maximum absolute atomic E-state index is 12.4. The SMILES string of the molecule is O=C(NCCn1c(=O)[nH]c2ccsc2c1=O)c1cccc2c1OCCO2. The molecule has 26 heavy (non-hydrogen) atoms. The molecule has 0 spiro atoms. The second-order valence-electron chi connectivity index (χ2n) is 5.64. The van der Waals surface area contributed by atoms with E-state index in [2.05, 4.69) is 10.3 Å². The molecule has 0 fully saturated rings. The van der Waals surface area contributed by atoms with E-state index in [0.29, 0.717) is 40.5 Å². The number of carbonyl (C=O) groups excluding carboxylic acids is 1. The van der Waals surface area contributed by atoms with Gasteiger partial charge in [0.05, 0.1) is 11.1 Å². The first-order valence-corrected chi connectivity index (χ1v) is 8.90. The summed E-state index contributed by atoms with van der Waals surface area (Å²) >= 11 is 1.27. The van der Waals surface area contributed by atoms with E-state index in [1.54, 1.807) is 29.6 Å². The van der Waals surface area contributed by atoms with Gasteiger partial charge in [0.1, 0.15) is 17.9 Å². The van der Waals surface area contributed by atoms with E-state index in [4.69, 9.17) is 9.47 Å². The van der Waals surface area contributed by atoms with Crippen molar-refractivity contribution in [3.05, 3.63) is 56.0 Å². The van der Waals surface area contributed by atoms with Crippen LogP contribution in [0.25, 0.3) is 10.2 Å². The number of hydrogen-bond acceptors (Lipinski definition) is 6. The van der Waals surface area contributed by atoms with Crippen molar-refractivity contribution >= 4 is 27.5 Å². The molecule has 0 radical (unpaired) electrons. The molecule has 8 nitrogen and oxygen atoms in total. The number of nitrogens with zero attached hydrogens (tertiary/aromatic N) is 1. The number of ether oxygens (including phenoxy) is 2. The van der Waals surface area contributed by atoms with Crippen LogP contribution >= 0.6 is 11.3 Å². The van der Waals surface area contributed by atoms with Crippen LogP contribution in [0.15, 0.2) is 39.2 Å². The summed E-state index contributed by atoms with van der Waals surface area (Å²) < 4.78 is 12.5. The molecule has 3 heterocycles. The smallest absolute Gasteiger partial charge is 0.328 e. The van der Waals surface area contributed by atoms with Crippen molar-refractivity contribution in [2.24, 2.45) is 0 Å². The fourth-order valence-electron chi connectivity index (χ4n) is 2.80. The van der Waals surface area contributed by atoms with Gasteiger partial charge in [-0.3, -0.25) is 14.2 Å². The molecule has 2 aromatic heterocycles. The van der Waals surface area contributed by atoms with Crippen LogP contribution in [0.1, 0.15) is 10.4 Å². The van der Waals surface area contributed by atoms with E-state index in [1.165, 1.54) is 11.3 Å². The zero-order chi connectivity index (χ0) is 18.1. The lowest BCUT2D eigenvalue weighted by Gasteiger charge is -2.20. The largest absolute Gasteiger partial charge is 0.486 e. The van der Waals surface area contributed by atoms with Gasteiger partial charge in [0.2, 0.25) is 0 Å². The van der Waals surface area contributed by atoms with E-state index < -0.39 is 5.69 Å². The fourth-order valence-corrected chi connectivity index (χ4v) is 3.60. The third-order valence-corrected chi connectivity index (χ3v) is 4.93. The van der Waals surface area contributed by atoms with Crippen molar-refractivity contribution in [1.82, 2.24) is 14.9 Å². The highest BCUT2D eigenvalue weighted by molar-refractivity contribution is 7.17. The average molecular weight is 373 g/mol. The number of para-hydroxylation sites is 1. The number of hydrogen-bond donors (Lipinski definition) is 2. The maximum Gasteiger partial charge on any atom is 0.328 e. The summed E-state index contributed by atoms with van der Waals surface area (Å²) in [5.74, 6) is 0.583. The Hall–Kier alpha value is -3.07. The summed E-state index contributed by atoms with van der Waals surface area (Å²) in [6, 6.07) is 6.78. The van der Waals surface area contributed by atoms with Gasteiger partial charge in [0.15, 0.2) is 11.5 Å². The molecule has 2 N–H and O–H groups in total. The first-order chi connectivity index (χ1) is 12.6. The Bertz CT molecular complexity index is 1100. The van der Waals surface area contributed by atoms with Crippen LogP contribution in [0.5, 0.6) is 11.5 Å². The van der Waals surface area contributed by atoms with Gasteiger partial charge in [0.25, 0.3) is 11.5 Å². The Morgan fingerprint density at radius 3 is 2.96 bits per heavy atom. The van der Waals surface area contributed by atoms with E-state index in [0.717, 1.165) is 4.57 Å². The first kappa shape index (κ1) is 16.4. The van der Waals surface area contributed by atoms with Gasteiger partial charge in [-0.1, -0.05) is 6.07 Å². The van der Waals surface area contributed by atoms with Crippen LogP contribution < -0.4 is 26.0 Å². The summed E-state index contributed by atoms with van der Waals surface area (Å²) in [5.41, 5.74) is 0.0290. The minimum absolute atomic E-state index is 0.0696. The van der Waals surface area contributed by atoms with Crippen molar-refractivity contribution in [3.8, 4) is 11.5 Å². The summed E-state index contributed by atoms with van der Waals surface area (Å²) in [6.45, 7) is 1.02. The third-order valence-electron chi connectivity index (χ3n) is 4.02. The molecule has 1 aromatic carbocycles. The number of amides is 1. The van der Waals surface area contributed by atoms with Crippen molar-refractivity contribution in [2.75, 3.05) is 19.8 Å². The number of benzene rings is 1. The van der Waals surface area contributed by atoms with E-state index in [9.17, 15) is 14.4 Å². The Kier molecular flexibility index (Phi) is 4.21. The van der Waals surface area contributed by atoms with Crippen LogP contribution in [-0.2, 0) is 6.54 Å². The molecule has 9 heteroatoms. The topological polar surface area (TPSA) is 102 Å². The zero-order valence-electron chi connectivity index (χ0n) is 13.6. The molecule has 0 unspecified atom stereocenters. The molecular formula is C17H15N3O5S. The molecule has 0 bridgehead atoms. The molecule has 1 amide bonds. The number of aromatic nitrogens is 2. The minimum Gasteiger partial charge on any atom is -0.486 e. The minimum atomic E-state index is -0.496. The summed E-state index contributed by atoms with van der Waals surface area (Å²) in [6.07, 6.45) is 0. The normalized spacial score (nSPS) is 12.9. The van der Waals surface area contributed by atoms with Crippen molar-refractivity contribution in [3.63, 3.8) is 0 Å². The number of aromatic amines is 1. The molecule has 4 rings (SSSR count). The summed E-state index contributed by atoms with van der Waals surface area (Å²) in [5, 5.41) is 4.46. The number of nitrogens with one attached hydrogen (secondary N) is 2. The van der Waals surface area contributed by atoms with Crippen LogP contribution in [-0.4, -0.2) is 35.2 Å². The third kappa shape index (κ3) is 2.86. The van der Waals surface area contributed by atoms with Crippen LogP contribution in [0.2, 0.25) is 0 Å². The fraction of sp³-hybridized carbons (Fsp3) is 0.235. The zero-order valence-corrected chi connectivity index (χ0v) is 14.4. The van der Waals surface area contributed by atoms with Gasteiger partial charge < -0.3 is 19.8 Å². The average Bonchev–Trinajstić information content (AvgIpc) is 3.12. The van der Waals surface area contributed by atoms with Crippen LogP contribution in [0.4, 0.5) is 0 Å². The Balaban J connectivity index is 1.50. The van der Waals surface area contributed by atoms with Gasteiger partial charge in [-0.2, -0.15) is 0 Å². The number of rotatable bonds is 4. The summed E-state index contributed by atoms with van der Waals surface area (Å²) in [4.78, 5) is 39.5. The van der Waals surface area contributed by atoms with Crippen molar-refractivity contribution in [1.29, 1.82) is 0 Å².